The maximum absolute atomic E-state index is 12.3. The molecule has 2 heterocycles. The Bertz CT molecular complexity index is 405. The largest absolute Gasteiger partial charge is 0.333 e. The Kier molecular flexibility index (Phi) is 3.66. The van der Waals surface area contributed by atoms with Crippen molar-refractivity contribution in [3.05, 3.63) is 20.3 Å². The van der Waals surface area contributed by atoms with Gasteiger partial charge in [0.2, 0.25) is 0 Å². The zero-order valence-electron chi connectivity index (χ0n) is 9.42. The van der Waals surface area contributed by atoms with Gasteiger partial charge in [0.25, 0.3) is 5.91 Å². The summed E-state index contributed by atoms with van der Waals surface area (Å²) in [7, 11) is 0. The first-order chi connectivity index (χ1) is 7.59. The molecule has 1 saturated heterocycles. The fraction of sp³-hybridized carbons (Fsp3) is 0.545. The van der Waals surface area contributed by atoms with Gasteiger partial charge in [-0.2, -0.15) is 0 Å². The number of nitrogens with one attached hydrogen (secondary N) is 1. The first-order valence-electron chi connectivity index (χ1n) is 5.37. The number of thiophene rings is 1. The molecule has 2 rings (SSSR count). The number of aryl methyl sites for hydroxylation is 1. The van der Waals surface area contributed by atoms with Crippen LogP contribution in [0, 0.1) is 6.92 Å². The van der Waals surface area contributed by atoms with Crippen molar-refractivity contribution < 1.29 is 4.79 Å². The van der Waals surface area contributed by atoms with Gasteiger partial charge < -0.3 is 10.2 Å². The molecule has 1 aromatic heterocycles. The van der Waals surface area contributed by atoms with Crippen LogP contribution in [0.2, 0.25) is 0 Å². The normalized spacial score (nSPS) is 21.2. The number of hydrogen-bond acceptors (Lipinski definition) is 3. The highest BCUT2D eigenvalue weighted by atomic mass is 79.9. The molecule has 1 amide bonds. The first kappa shape index (κ1) is 12.1. The van der Waals surface area contributed by atoms with Crippen molar-refractivity contribution in [2.75, 3.05) is 19.6 Å². The first-order valence-corrected chi connectivity index (χ1v) is 6.98. The van der Waals surface area contributed by atoms with Crippen LogP contribution in [0.15, 0.2) is 9.85 Å². The Morgan fingerprint density at radius 1 is 1.69 bits per heavy atom. The quantitative estimate of drug-likeness (QED) is 0.863. The molecule has 1 fully saturated rings. The van der Waals surface area contributed by atoms with Crippen LogP contribution in [0.1, 0.15) is 22.2 Å². The van der Waals surface area contributed by atoms with Crippen molar-refractivity contribution in [2.45, 2.75) is 19.9 Å². The molecule has 1 atom stereocenters. The summed E-state index contributed by atoms with van der Waals surface area (Å²) in [6.45, 7) is 6.66. The zero-order chi connectivity index (χ0) is 11.7. The molecule has 5 heteroatoms. The van der Waals surface area contributed by atoms with Crippen molar-refractivity contribution in [3.8, 4) is 0 Å². The molecule has 3 nitrogen and oxygen atoms in total. The van der Waals surface area contributed by atoms with E-state index in [1.165, 1.54) is 0 Å². The fourth-order valence-electron chi connectivity index (χ4n) is 1.93. The average molecular weight is 303 g/mol. The van der Waals surface area contributed by atoms with Crippen molar-refractivity contribution >= 4 is 33.2 Å². The molecule has 1 aliphatic rings. The lowest BCUT2D eigenvalue weighted by Crippen LogP contribution is -2.52. The summed E-state index contributed by atoms with van der Waals surface area (Å²) < 4.78 is 0.945. The number of nitrogens with zero attached hydrogens (tertiary/aromatic N) is 1. The molecule has 0 radical (unpaired) electrons. The van der Waals surface area contributed by atoms with Gasteiger partial charge >= 0.3 is 0 Å². The van der Waals surface area contributed by atoms with Gasteiger partial charge in [-0.3, -0.25) is 4.79 Å². The number of carbonyl (C=O) groups excluding carboxylic acids is 1. The second-order valence-corrected chi connectivity index (χ2v) is 6.67. The van der Waals surface area contributed by atoms with Crippen LogP contribution in [0.3, 0.4) is 0 Å². The summed E-state index contributed by atoms with van der Waals surface area (Å²) >= 11 is 5.08. The van der Waals surface area contributed by atoms with Crippen LogP contribution in [-0.2, 0) is 0 Å². The predicted molar refractivity (Wildman–Crippen MR) is 70.1 cm³/mol. The van der Waals surface area contributed by atoms with Crippen LogP contribution in [0.4, 0.5) is 0 Å². The molecular formula is C11H15BrN2OS. The monoisotopic (exact) mass is 302 g/mol. The van der Waals surface area contributed by atoms with E-state index in [1.54, 1.807) is 11.3 Å². The highest BCUT2D eigenvalue weighted by Gasteiger charge is 2.26. The molecule has 0 aromatic carbocycles. The van der Waals surface area contributed by atoms with Crippen molar-refractivity contribution in [2.24, 2.45) is 0 Å². The molecule has 1 N–H and O–H groups in total. The van der Waals surface area contributed by atoms with Crippen LogP contribution in [0.5, 0.6) is 0 Å². The van der Waals surface area contributed by atoms with Crippen molar-refractivity contribution in [3.63, 3.8) is 0 Å². The Labute approximate surface area is 108 Å². The second kappa shape index (κ2) is 4.85. The van der Waals surface area contributed by atoms with E-state index >= 15 is 0 Å². The third-order valence-electron chi connectivity index (χ3n) is 2.80. The van der Waals surface area contributed by atoms with E-state index in [-0.39, 0.29) is 11.9 Å². The maximum Gasteiger partial charge on any atom is 0.256 e. The molecule has 1 aromatic rings. The van der Waals surface area contributed by atoms with Gasteiger partial charge in [0.1, 0.15) is 0 Å². The number of rotatable bonds is 1. The van der Waals surface area contributed by atoms with Crippen molar-refractivity contribution in [1.29, 1.82) is 0 Å². The van der Waals surface area contributed by atoms with Crippen LogP contribution in [-0.4, -0.2) is 36.5 Å². The van der Waals surface area contributed by atoms with E-state index in [4.69, 9.17) is 0 Å². The van der Waals surface area contributed by atoms with Gasteiger partial charge in [-0.05, 0) is 35.8 Å². The summed E-state index contributed by atoms with van der Waals surface area (Å²) in [5.74, 6) is 0.144. The molecule has 0 spiro atoms. The Morgan fingerprint density at radius 3 is 3.00 bits per heavy atom. The van der Waals surface area contributed by atoms with Gasteiger partial charge in [0, 0.05) is 30.6 Å². The maximum atomic E-state index is 12.3. The predicted octanol–water partition coefficient (Wildman–Crippen LogP) is 2.25. The zero-order valence-corrected chi connectivity index (χ0v) is 11.8. The van der Waals surface area contributed by atoms with Crippen LogP contribution < -0.4 is 5.32 Å². The van der Waals surface area contributed by atoms with E-state index in [0.717, 1.165) is 33.9 Å². The minimum atomic E-state index is 0.144. The van der Waals surface area contributed by atoms with Crippen molar-refractivity contribution in [1.82, 2.24) is 10.2 Å². The summed E-state index contributed by atoms with van der Waals surface area (Å²) in [6.07, 6.45) is 0. The minimum Gasteiger partial charge on any atom is -0.333 e. The highest BCUT2D eigenvalue weighted by molar-refractivity contribution is 9.11. The summed E-state index contributed by atoms with van der Waals surface area (Å²) in [6, 6.07) is 2.24. The third kappa shape index (κ3) is 2.31. The lowest BCUT2D eigenvalue weighted by Gasteiger charge is -2.33. The summed E-state index contributed by atoms with van der Waals surface area (Å²) in [5, 5.41) is 3.29. The summed E-state index contributed by atoms with van der Waals surface area (Å²) in [4.78, 5) is 15.4. The van der Waals surface area contributed by atoms with E-state index in [2.05, 4.69) is 28.2 Å². The van der Waals surface area contributed by atoms with Gasteiger partial charge in [-0.25, -0.2) is 0 Å². The lowest BCUT2D eigenvalue weighted by atomic mass is 10.2. The Hall–Kier alpha value is -0.390. The van der Waals surface area contributed by atoms with E-state index < -0.39 is 0 Å². The molecule has 1 aliphatic heterocycles. The molecule has 0 saturated carbocycles. The molecule has 16 heavy (non-hydrogen) atoms. The van der Waals surface area contributed by atoms with E-state index in [1.807, 2.05) is 17.9 Å². The van der Waals surface area contributed by atoms with Crippen LogP contribution >= 0.6 is 27.3 Å². The number of carbonyl (C=O) groups is 1. The van der Waals surface area contributed by atoms with E-state index in [9.17, 15) is 4.79 Å². The molecule has 0 aliphatic carbocycles. The SMILES string of the molecule is Cc1cc(C(=O)N2CCNC[C@@H]2C)c(Br)s1. The standard InChI is InChI=1S/C11H15BrN2OS/c1-7-6-13-3-4-14(7)11(15)9-5-8(2)16-10(9)12/h5,7,13H,3-4,6H2,1-2H3/t7-/m0/s1. The molecule has 0 unspecified atom stereocenters. The van der Waals surface area contributed by atoms with E-state index in [0.29, 0.717) is 0 Å². The van der Waals surface area contributed by atoms with Gasteiger partial charge in [0.15, 0.2) is 0 Å². The van der Waals surface area contributed by atoms with Crippen LogP contribution in [0.25, 0.3) is 0 Å². The number of piperazine rings is 1. The number of amides is 1. The second-order valence-electron chi connectivity index (χ2n) is 4.10. The average Bonchev–Trinajstić information content (AvgIpc) is 2.58. The van der Waals surface area contributed by atoms with Gasteiger partial charge in [0.05, 0.1) is 9.35 Å². The third-order valence-corrected chi connectivity index (χ3v) is 4.55. The van der Waals surface area contributed by atoms with Gasteiger partial charge in [-0.15, -0.1) is 11.3 Å². The van der Waals surface area contributed by atoms with Gasteiger partial charge in [-0.1, -0.05) is 0 Å². The number of hydrogen-bond donors (Lipinski definition) is 1. The minimum absolute atomic E-state index is 0.144. The Balaban J connectivity index is 2.21. The lowest BCUT2D eigenvalue weighted by molar-refractivity contribution is 0.0655. The highest BCUT2D eigenvalue weighted by Crippen LogP contribution is 2.29. The fourth-order valence-corrected chi connectivity index (χ4v) is 3.69. The number of halogens is 1. The molecular weight excluding hydrogens is 288 g/mol. The topological polar surface area (TPSA) is 32.3 Å². The molecule has 0 bridgehead atoms. The summed E-state index contributed by atoms with van der Waals surface area (Å²) in [5.41, 5.74) is 0.802. The Morgan fingerprint density at radius 2 is 2.44 bits per heavy atom. The molecule has 88 valence electrons. The smallest absolute Gasteiger partial charge is 0.256 e.